The van der Waals surface area contributed by atoms with Gasteiger partial charge < -0.3 is 14.6 Å². The molecule has 4 rings (SSSR count). The zero-order valence-corrected chi connectivity index (χ0v) is 19.4. The number of nitrogens with one attached hydrogen (secondary N) is 1. The topological polar surface area (TPSA) is 45.5 Å². The minimum absolute atomic E-state index is 0.0361. The smallest absolute Gasteiger partial charge is 0.254 e. The van der Waals surface area contributed by atoms with E-state index in [4.69, 9.17) is 4.42 Å². The molecule has 4 heteroatoms. The highest BCUT2D eigenvalue weighted by atomic mass is 16.3. The third-order valence-corrected chi connectivity index (χ3v) is 6.81. The van der Waals surface area contributed by atoms with E-state index in [9.17, 15) is 4.79 Å². The molecule has 1 aliphatic rings. The van der Waals surface area contributed by atoms with Crippen molar-refractivity contribution in [3.05, 3.63) is 83.6 Å². The average molecular weight is 431 g/mol. The van der Waals surface area contributed by atoms with Gasteiger partial charge >= 0.3 is 0 Å². The Morgan fingerprint density at radius 1 is 1.00 bits per heavy atom. The molecule has 1 amide bonds. The summed E-state index contributed by atoms with van der Waals surface area (Å²) in [4.78, 5) is 15.2. The van der Waals surface area contributed by atoms with Crippen LogP contribution in [0.25, 0.3) is 11.3 Å². The van der Waals surface area contributed by atoms with E-state index in [1.807, 2.05) is 43.3 Å². The Morgan fingerprint density at radius 2 is 1.62 bits per heavy atom. The van der Waals surface area contributed by atoms with E-state index in [1.165, 1.54) is 18.4 Å². The monoisotopic (exact) mass is 430 g/mol. The second kappa shape index (κ2) is 10.2. The molecule has 1 aliphatic carbocycles. The maximum absolute atomic E-state index is 12.8. The summed E-state index contributed by atoms with van der Waals surface area (Å²) in [6.45, 7) is 2.59. The SMILES string of the molecule is Cc1oc(-c2ccccc2)cc1C(=O)NCC1CCC(C(c2ccccc2)N(C)C)CC1. The molecule has 32 heavy (non-hydrogen) atoms. The lowest BCUT2D eigenvalue weighted by Crippen LogP contribution is -2.34. The van der Waals surface area contributed by atoms with Crippen LogP contribution >= 0.6 is 0 Å². The van der Waals surface area contributed by atoms with Crippen molar-refractivity contribution >= 4 is 5.91 Å². The molecule has 0 radical (unpaired) electrons. The van der Waals surface area contributed by atoms with Gasteiger partial charge in [-0.2, -0.15) is 0 Å². The molecule has 2 aromatic carbocycles. The molecule has 168 valence electrons. The van der Waals surface area contributed by atoms with E-state index in [1.54, 1.807) is 0 Å². The molecule has 0 spiro atoms. The Bertz CT molecular complexity index is 1000. The summed E-state index contributed by atoms with van der Waals surface area (Å²) >= 11 is 0. The zero-order valence-electron chi connectivity index (χ0n) is 19.4. The van der Waals surface area contributed by atoms with Crippen LogP contribution in [0, 0.1) is 18.8 Å². The fraction of sp³-hybridized carbons (Fsp3) is 0.393. The molecule has 0 bridgehead atoms. The first-order chi connectivity index (χ1) is 15.5. The first-order valence-corrected chi connectivity index (χ1v) is 11.7. The lowest BCUT2D eigenvalue weighted by Gasteiger charge is -2.37. The number of hydrogen-bond donors (Lipinski definition) is 1. The molecule has 1 heterocycles. The van der Waals surface area contributed by atoms with Crippen molar-refractivity contribution in [3.8, 4) is 11.3 Å². The third kappa shape index (κ3) is 5.13. The summed E-state index contributed by atoms with van der Waals surface area (Å²) in [6.07, 6.45) is 4.70. The van der Waals surface area contributed by atoms with Gasteiger partial charge in [-0.1, -0.05) is 60.7 Å². The second-order valence-electron chi connectivity index (χ2n) is 9.26. The number of aryl methyl sites for hydroxylation is 1. The van der Waals surface area contributed by atoms with Crippen LogP contribution in [0.4, 0.5) is 0 Å². The summed E-state index contributed by atoms with van der Waals surface area (Å²) in [5.41, 5.74) is 3.02. The average Bonchev–Trinajstić information content (AvgIpc) is 3.21. The quantitative estimate of drug-likeness (QED) is 0.493. The molecule has 3 aromatic rings. The van der Waals surface area contributed by atoms with Gasteiger partial charge in [0.15, 0.2) is 0 Å². The summed E-state index contributed by atoms with van der Waals surface area (Å²) in [5.74, 6) is 2.57. The minimum atomic E-state index is -0.0361. The molecule has 0 saturated heterocycles. The van der Waals surface area contributed by atoms with Crippen LogP contribution < -0.4 is 5.32 Å². The Hall–Kier alpha value is -2.85. The van der Waals surface area contributed by atoms with E-state index >= 15 is 0 Å². The summed E-state index contributed by atoms with van der Waals surface area (Å²) in [5, 5.41) is 3.16. The molecule has 1 N–H and O–H groups in total. The second-order valence-corrected chi connectivity index (χ2v) is 9.26. The molecule has 1 aromatic heterocycles. The van der Waals surface area contributed by atoms with Gasteiger partial charge in [0.1, 0.15) is 11.5 Å². The highest BCUT2D eigenvalue weighted by molar-refractivity contribution is 5.96. The standard InChI is InChI=1S/C28H34N2O2/c1-20-25(18-26(32-20)22-10-6-4-7-11-22)28(31)29-19-21-14-16-24(17-15-21)27(30(2)3)23-12-8-5-9-13-23/h4-13,18,21,24,27H,14-17,19H2,1-3H3,(H,29,31). The van der Waals surface area contributed by atoms with E-state index in [2.05, 4.69) is 54.6 Å². The number of furan rings is 1. The molecule has 1 atom stereocenters. The molecule has 1 fully saturated rings. The van der Waals surface area contributed by atoms with Gasteiger partial charge in [0.2, 0.25) is 0 Å². The van der Waals surface area contributed by atoms with Gasteiger partial charge in [0.05, 0.1) is 5.56 Å². The number of amides is 1. The maximum atomic E-state index is 12.8. The predicted octanol–water partition coefficient (Wildman–Crippen LogP) is 6.09. The highest BCUT2D eigenvalue weighted by Crippen LogP contribution is 2.39. The van der Waals surface area contributed by atoms with Crippen LogP contribution in [-0.4, -0.2) is 31.4 Å². The lowest BCUT2D eigenvalue weighted by molar-refractivity contribution is 0.0933. The summed E-state index contributed by atoms with van der Waals surface area (Å²) in [7, 11) is 4.36. The van der Waals surface area contributed by atoms with Crippen molar-refractivity contribution in [2.75, 3.05) is 20.6 Å². The van der Waals surface area contributed by atoms with Gasteiger partial charge in [-0.15, -0.1) is 0 Å². The van der Waals surface area contributed by atoms with E-state index in [0.29, 0.717) is 29.2 Å². The minimum Gasteiger partial charge on any atom is -0.461 e. The molecular weight excluding hydrogens is 396 g/mol. The van der Waals surface area contributed by atoms with Crippen LogP contribution in [0.1, 0.15) is 53.4 Å². The Labute approximate surface area is 191 Å². The molecule has 1 saturated carbocycles. The maximum Gasteiger partial charge on any atom is 0.254 e. The van der Waals surface area contributed by atoms with E-state index in [-0.39, 0.29) is 5.91 Å². The van der Waals surface area contributed by atoms with Crippen molar-refractivity contribution in [1.82, 2.24) is 10.2 Å². The Morgan fingerprint density at radius 3 is 2.25 bits per heavy atom. The fourth-order valence-electron chi connectivity index (χ4n) is 5.13. The number of carbonyl (C=O) groups is 1. The van der Waals surface area contributed by atoms with Crippen molar-refractivity contribution < 1.29 is 9.21 Å². The normalized spacial score (nSPS) is 19.6. The number of hydrogen-bond acceptors (Lipinski definition) is 3. The fourth-order valence-corrected chi connectivity index (χ4v) is 5.13. The van der Waals surface area contributed by atoms with Gasteiger partial charge in [-0.3, -0.25) is 4.79 Å². The summed E-state index contributed by atoms with van der Waals surface area (Å²) < 4.78 is 5.85. The molecule has 0 aliphatic heterocycles. The van der Waals surface area contributed by atoms with Crippen LogP contribution in [0.15, 0.2) is 71.1 Å². The largest absolute Gasteiger partial charge is 0.461 e. The van der Waals surface area contributed by atoms with Crippen molar-refractivity contribution in [3.63, 3.8) is 0 Å². The van der Waals surface area contributed by atoms with Crippen LogP contribution in [0.2, 0.25) is 0 Å². The number of rotatable bonds is 7. The highest BCUT2D eigenvalue weighted by Gasteiger charge is 2.30. The van der Waals surface area contributed by atoms with Gasteiger partial charge in [-0.25, -0.2) is 0 Å². The van der Waals surface area contributed by atoms with Crippen LogP contribution in [-0.2, 0) is 0 Å². The van der Waals surface area contributed by atoms with Crippen molar-refractivity contribution in [1.29, 1.82) is 0 Å². The molecule has 4 nitrogen and oxygen atoms in total. The number of nitrogens with zero attached hydrogens (tertiary/aromatic N) is 1. The van der Waals surface area contributed by atoms with Crippen molar-refractivity contribution in [2.45, 2.75) is 38.6 Å². The number of carbonyl (C=O) groups excluding carboxylic acids is 1. The third-order valence-electron chi connectivity index (χ3n) is 6.81. The first kappa shape index (κ1) is 22.3. The summed E-state index contributed by atoms with van der Waals surface area (Å²) in [6, 6.07) is 23.1. The first-order valence-electron chi connectivity index (χ1n) is 11.7. The van der Waals surface area contributed by atoms with E-state index in [0.717, 1.165) is 30.7 Å². The van der Waals surface area contributed by atoms with Gasteiger partial charge in [0, 0.05) is 18.2 Å². The van der Waals surface area contributed by atoms with Crippen LogP contribution in [0.3, 0.4) is 0 Å². The van der Waals surface area contributed by atoms with Gasteiger partial charge in [-0.05, 0) is 70.2 Å². The lowest BCUT2D eigenvalue weighted by atomic mass is 9.76. The van der Waals surface area contributed by atoms with Crippen molar-refractivity contribution in [2.24, 2.45) is 11.8 Å². The number of benzene rings is 2. The Balaban J connectivity index is 1.31. The molecule has 1 unspecified atom stereocenters. The molecular formula is C28H34N2O2. The zero-order chi connectivity index (χ0) is 22.5. The van der Waals surface area contributed by atoms with Gasteiger partial charge in [0.25, 0.3) is 5.91 Å². The predicted molar refractivity (Wildman–Crippen MR) is 130 cm³/mol. The Kier molecular flexibility index (Phi) is 7.11. The van der Waals surface area contributed by atoms with Crippen LogP contribution in [0.5, 0.6) is 0 Å². The van der Waals surface area contributed by atoms with E-state index < -0.39 is 0 Å².